The van der Waals surface area contributed by atoms with Gasteiger partial charge in [-0.3, -0.25) is 4.18 Å². The monoisotopic (exact) mass is 352 g/mol. The molecule has 1 aromatic rings. The molecule has 1 fully saturated rings. The van der Waals surface area contributed by atoms with Crippen LogP contribution in [-0.4, -0.2) is 52.4 Å². The molecule has 0 aromatic heterocycles. The molecule has 0 spiro atoms. The standard InChI is InChI=1S/C17H24N2O4S/c1-22-24(20,21)12-2-9-19-10-7-16(8-11-19)14-23-17-5-3-15(13-18)4-6-17/h3-6,16H,2,7-12,14H2,1H3. The lowest BCUT2D eigenvalue weighted by Crippen LogP contribution is -2.36. The molecule has 2 rings (SSSR count). The third-order valence-corrected chi connectivity index (χ3v) is 5.60. The van der Waals surface area contributed by atoms with Crippen LogP contribution in [0.15, 0.2) is 24.3 Å². The molecule has 0 saturated carbocycles. The lowest BCUT2D eigenvalue weighted by molar-refractivity contribution is 0.141. The van der Waals surface area contributed by atoms with Crippen LogP contribution < -0.4 is 4.74 Å². The van der Waals surface area contributed by atoms with E-state index in [9.17, 15) is 8.42 Å². The van der Waals surface area contributed by atoms with E-state index in [1.165, 1.54) is 7.11 Å². The summed E-state index contributed by atoms with van der Waals surface area (Å²) in [5.74, 6) is 1.38. The zero-order valence-electron chi connectivity index (χ0n) is 14.0. The molecular weight excluding hydrogens is 328 g/mol. The van der Waals surface area contributed by atoms with E-state index in [4.69, 9.17) is 10.00 Å². The van der Waals surface area contributed by atoms with Crippen molar-refractivity contribution >= 4 is 10.1 Å². The predicted octanol–water partition coefficient (Wildman–Crippen LogP) is 2.02. The number of nitriles is 1. The number of hydrogen-bond acceptors (Lipinski definition) is 6. The number of hydrogen-bond donors (Lipinski definition) is 0. The summed E-state index contributed by atoms with van der Waals surface area (Å²) in [6.07, 6.45) is 2.70. The smallest absolute Gasteiger partial charge is 0.267 e. The van der Waals surface area contributed by atoms with Crippen LogP contribution in [0.5, 0.6) is 5.75 Å². The molecule has 1 heterocycles. The summed E-state index contributed by atoms with van der Waals surface area (Å²) >= 11 is 0. The van der Waals surface area contributed by atoms with Crippen molar-refractivity contribution in [2.75, 3.05) is 39.1 Å². The predicted molar refractivity (Wildman–Crippen MR) is 91.2 cm³/mol. The second-order valence-corrected chi connectivity index (χ2v) is 7.87. The molecule has 0 aliphatic carbocycles. The van der Waals surface area contributed by atoms with Crippen LogP contribution in [0, 0.1) is 17.2 Å². The summed E-state index contributed by atoms with van der Waals surface area (Å²) in [6, 6.07) is 9.25. The van der Waals surface area contributed by atoms with Crippen molar-refractivity contribution in [2.24, 2.45) is 5.92 Å². The van der Waals surface area contributed by atoms with E-state index in [0.29, 0.717) is 24.5 Å². The highest BCUT2D eigenvalue weighted by atomic mass is 32.2. The Bertz CT molecular complexity index is 644. The van der Waals surface area contributed by atoms with E-state index in [-0.39, 0.29) is 5.75 Å². The summed E-state index contributed by atoms with van der Waals surface area (Å²) in [5.41, 5.74) is 0.631. The number of nitrogens with zero attached hydrogens (tertiary/aromatic N) is 2. The summed E-state index contributed by atoms with van der Waals surface area (Å²) in [7, 11) is -2.14. The van der Waals surface area contributed by atoms with E-state index in [1.807, 2.05) is 12.1 Å². The van der Waals surface area contributed by atoms with Gasteiger partial charge in [-0.05, 0) is 69.1 Å². The normalized spacial score (nSPS) is 16.7. The fourth-order valence-corrected chi connectivity index (χ4v) is 3.41. The van der Waals surface area contributed by atoms with Gasteiger partial charge in [0.25, 0.3) is 10.1 Å². The molecule has 0 radical (unpaired) electrons. The van der Waals surface area contributed by atoms with E-state index in [0.717, 1.165) is 38.2 Å². The first-order valence-corrected chi connectivity index (χ1v) is 9.74. The molecule has 24 heavy (non-hydrogen) atoms. The van der Waals surface area contributed by atoms with E-state index >= 15 is 0 Å². The molecule has 6 nitrogen and oxygen atoms in total. The second kappa shape index (κ2) is 9.02. The Balaban J connectivity index is 1.64. The van der Waals surface area contributed by atoms with Crippen molar-refractivity contribution in [3.05, 3.63) is 29.8 Å². The Labute approximate surface area is 144 Å². The quantitative estimate of drug-likeness (QED) is 0.666. The molecule has 0 N–H and O–H groups in total. The van der Waals surface area contributed by atoms with Gasteiger partial charge in [0.1, 0.15) is 5.75 Å². The maximum absolute atomic E-state index is 11.3. The molecule has 0 atom stereocenters. The molecule has 1 aliphatic rings. The van der Waals surface area contributed by atoms with Gasteiger partial charge in [-0.1, -0.05) is 0 Å². The van der Waals surface area contributed by atoms with Gasteiger partial charge in [-0.2, -0.15) is 13.7 Å². The van der Waals surface area contributed by atoms with Crippen molar-refractivity contribution in [3.63, 3.8) is 0 Å². The van der Waals surface area contributed by atoms with Gasteiger partial charge in [-0.25, -0.2) is 0 Å². The van der Waals surface area contributed by atoms with Crippen molar-refractivity contribution < 1.29 is 17.3 Å². The Hall–Kier alpha value is -1.62. The molecule has 132 valence electrons. The van der Waals surface area contributed by atoms with Crippen molar-refractivity contribution in [3.8, 4) is 11.8 Å². The SMILES string of the molecule is COS(=O)(=O)CCCN1CCC(COc2ccc(C#N)cc2)CC1. The minimum absolute atomic E-state index is 0.0746. The van der Waals surface area contributed by atoms with E-state index < -0.39 is 10.1 Å². The van der Waals surface area contributed by atoms with Crippen molar-refractivity contribution in [1.82, 2.24) is 4.90 Å². The fourth-order valence-electron chi connectivity index (χ4n) is 2.76. The average molecular weight is 352 g/mol. The Morgan fingerprint density at radius 2 is 1.92 bits per heavy atom. The first-order chi connectivity index (χ1) is 11.5. The van der Waals surface area contributed by atoms with Gasteiger partial charge in [0.05, 0.1) is 31.1 Å². The number of benzene rings is 1. The molecule has 1 aliphatic heterocycles. The molecule has 0 unspecified atom stereocenters. The van der Waals surface area contributed by atoms with Crippen LogP contribution in [-0.2, 0) is 14.3 Å². The van der Waals surface area contributed by atoms with Crippen molar-refractivity contribution in [1.29, 1.82) is 5.26 Å². The molecule has 0 bridgehead atoms. The van der Waals surface area contributed by atoms with Crippen LogP contribution in [0.4, 0.5) is 0 Å². The fraction of sp³-hybridized carbons (Fsp3) is 0.588. The second-order valence-electron chi connectivity index (χ2n) is 6.01. The third kappa shape index (κ3) is 6.11. The number of ether oxygens (including phenoxy) is 1. The van der Waals surface area contributed by atoms with Gasteiger partial charge >= 0.3 is 0 Å². The summed E-state index contributed by atoms with van der Waals surface area (Å²) in [5, 5.41) is 8.77. The minimum atomic E-state index is -3.34. The zero-order chi connectivity index (χ0) is 17.4. The largest absolute Gasteiger partial charge is 0.493 e. The molecule has 1 aromatic carbocycles. The maximum atomic E-state index is 11.3. The van der Waals surface area contributed by atoms with Crippen LogP contribution in [0.2, 0.25) is 0 Å². The van der Waals surface area contributed by atoms with Crippen LogP contribution in [0.25, 0.3) is 0 Å². The third-order valence-electron chi connectivity index (χ3n) is 4.30. The topological polar surface area (TPSA) is 79.6 Å². The van der Waals surface area contributed by atoms with Gasteiger partial charge < -0.3 is 9.64 Å². The highest BCUT2D eigenvalue weighted by molar-refractivity contribution is 7.86. The van der Waals surface area contributed by atoms with Gasteiger partial charge in [0, 0.05) is 0 Å². The number of rotatable bonds is 8. The molecule has 7 heteroatoms. The van der Waals surface area contributed by atoms with Gasteiger partial charge in [0.15, 0.2) is 0 Å². The molecular formula is C17H24N2O4S. The zero-order valence-corrected chi connectivity index (χ0v) is 14.8. The summed E-state index contributed by atoms with van der Waals surface area (Å²) in [4.78, 5) is 2.30. The number of piperidine rings is 1. The highest BCUT2D eigenvalue weighted by Crippen LogP contribution is 2.20. The summed E-state index contributed by atoms with van der Waals surface area (Å²) < 4.78 is 32.8. The average Bonchev–Trinajstić information content (AvgIpc) is 2.61. The van der Waals surface area contributed by atoms with Crippen LogP contribution >= 0.6 is 0 Å². The first-order valence-electron chi connectivity index (χ1n) is 8.16. The Kier molecular flexibility index (Phi) is 7.03. The lowest BCUT2D eigenvalue weighted by atomic mass is 9.98. The summed E-state index contributed by atoms with van der Waals surface area (Å²) in [6.45, 7) is 3.40. The van der Waals surface area contributed by atoms with E-state index in [2.05, 4.69) is 15.2 Å². The highest BCUT2D eigenvalue weighted by Gasteiger charge is 2.20. The van der Waals surface area contributed by atoms with Crippen molar-refractivity contribution in [2.45, 2.75) is 19.3 Å². The van der Waals surface area contributed by atoms with Crippen LogP contribution in [0.3, 0.4) is 0 Å². The van der Waals surface area contributed by atoms with Gasteiger partial charge in [0.2, 0.25) is 0 Å². The molecule has 1 saturated heterocycles. The molecule has 0 amide bonds. The van der Waals surface area contributed by atoms with E-state index in [1.54, 1.807) is 12.1 Å². The first kappa shape index (κ1) is 18.7. The van der Waals surface area contributed by atoms with Gasteiger partial charge in [-0.15, -0.1) is 0 Å². The minimum Gasteiger partial charge on any atom is -0.493 e. The maximum Gasteiger partial charge on any atom is 0.267 e. The Morgan fingerprint density at radius 3 is 2.50 bits per heavy atom. The lowest BCUT2D eigenvalue weighted by Gasteiger charge is -2.31. The number of likely N-dealkylation sites (tertiary alicyclic amines) is 1. The Morgan fingerprint density at radius 1 is 1.25 bits per heavy atom. The van der Waals surface area contributed by atoms with Crippen LogP contribution in [0.1, 0.15) is 24.8 Å².